The molecule has 7 heteroatoms. The number of non-ortho nitro benzene ring substituents is 1. The molecule has 0 saturated carbocycles. The molecule has 0 aliphatic heterocycles. The van der Waals surface area contributed by atoms with Gasteiger partial charge < -0.3 is 0 Å². The predicted molar refractivity (Wildman–Crippen MR) is 82.8 cm³/mol. The predicted octanol–water partition coefficient (Wildman–Crippen LogP) is 2.80. The number of rotatable bonds is 6. The van der Waals surface area contributed by atoms with Crippen LogP contribution < -0.4 is 4.72 Å². The lowest BCUT2D eigenvalue weighted by atomic mass is 10.1. The lowest BCUT2D eigenvalue weighted by Gasteiger charge is -2.15. The summed E-state index contributed by atoms with van der Waals surface area (Å²) >= 11 is 0. The Morgan fingerprint density at radius 3 is 2.18 bits per heavy atom. The normalized spacial score (nSPS) is 12.5. The van der Waals surface area contributed by atoms with E-state index < -0.39 is 21.0 Å². The Morgan fingerprint density at radius 1 is 1.09 bits per heavy atom. The average Bonchev–Trinajstić information content (AvgIpc) is 2.53. The minimum absolute atomic E-state index is 0.0409. The summed E-state index contributed by atoms with van der Waals surface area (Å²) in [5.74, 6) is 0. The first-order valence-corrected chi connectivity index (χ1v) is 7.86. The Balaban J connectivity index is 2.26. The lowest BCUT2D eigenvalue weighted by molar-refractivity contribution is -0.384. The highest BCUT2D eigenvalue weighted by Crippen LogP contribution is 2.20. The van der Waals surface area contributed by atoms with Crippen LogP contribution in [0.15, 0.2) is 72.1 Å². The molecule has 0 amide bonds. The number of nitrogens with one attached hydrogen (secondary N) is 1. The van der Waals surface area contributed by atoms with E-state index in [4.69, 9.17) is 0 Å². The summed E-state index contributed by atoms with van der Waals surface area (Å²) in [7, 11) is -3.81. The Kier molecular flexibility index (Phi) is 4.69. The van der Waals surface area contributed by atoms with Crippen molar-refractivity contribution in [2.45, 2.75) is 10.9 Å². The molecule has 0 aliphatic rings. The molecule has 0 saturated heterocycles. The van der Waals surface area contributed by atoms with Crippen molar-refractivity contribution >= 4 is 15.7 Å². The highest BCUT2D eigenvalue weighted by atomic mass is 32.2. The number of benzene rings is 2. The van der Waals surface area contributed by atoms with Crippen molar-refractivity contribution in [2.24, 2.45) is 0 Å². The number of nitro groups is 1. The summed E-state index contributed by atoms with van der Waals surface area (Å²) in [5.41, 5.74) is 0.588. The molecule has 2 aromatic rings. The third kappa shape index (κ3) is 3.57. The first-order valence-electron chi connectivity index (χ1n) is 6.38. The van der Waals surface area contributed by atoms with E-state index in [0.29, 0.717) is 0 Å². The Bertz CT molecular complexity index is 771. The van der Waals surface area contributed by atoms with E-state index in [0.717, 1.165) is 17.7 Å². The van der Waals surface area contributed by atoms with Crippen molar-refractivity contribution in [1.82, 2.24) is 4.72 Å². The van der Waals surface area contributed by atoms with E-state index in [9.17, 15) is 18.5 Å². The molecule has 6 nitrogen and oxygen atoms in total. The van der Waals surface area contributed by atoms with Crippen molar-refractivity contribution in [1.29, 1.82) is 0 Å². The summed E-state index contributed by atoms with van der Waals surface area (Å²) in [4.78, 5) is 9.97. The standard InChI is InChI=1S/C15H14N2O4S/c1-2-15(12-6-4-3-5-7-12)16-22(20,21)14-10-8-13(9-11-14)17(18)19/h2-11,15-16H,1H2. The van der Waals surface area contributed by atoms with Crippen LogP contribution >= 0.6 is 0 Å². The van der Waals surface area contributed by atoms with Crippen molar-refractivity contribution in [3.8, 4) is 0 Å². The van der Waals surface area contributed by atoms with Gasteiger partial charge in [0.2, 0.25) is 10.0 Å². The zero-order valence-corrected chi connectivity index (χ0v) is 12.4. The van der Waals surface area contributed by atoms with Gasteiger partial charge in [-0.3, -0.25) is 10.1 Å². The molecule has 0 aromatic heterocycles. The zero-order valence-electron chi connectivity index (χ0n) is 11.5. The van der Waals surface area contributed by atoms with Crippen LogP contribution in [-0.2, 0) is 10.0 Å². The fraction of sp³-hybridized carbons (Fsp3) is 0.0667. The molecule has 2 aromatic carbocycles. The van der Waals surface area contributed by atoms with E-state index in [2.05, 4.69) is 11.3 Å². The maximum Gasteiger partial charge on any atom is 0.269 e. The summed E-state index contributed by atoms with van der Waals surface area (Å²) in [6.45, 7) is 3.64. The summed E-state index contributed by atoms with van der Waals surface area (Å²) < 4.78 is 27.2. The van der Waals surface area contributed by atoms with Crippen LogP contribution in [-0.4, -0.2) is 13.3 Å². The van der Waals surface area contributed by atoms with Gasteiger partial charge >= 0.3 is 0 Å². The fourth-order valence-corrected chi connectivity index (χ4v) is 3.09. The third-order valence-electron chi connectivity index (χ3n) is 3.03. The maximum absolute atomic E-state index is 12.3. The monoisotopic (exact) mass is 318 g/mol. The van der Waals surface area contributed by atoms with Crippen LogP contribution in [0.2, 0.25) is 0 Å². The van der Waals surface area contributed by atoms with Crippen LogP contribution in [0.1, 0.15) is 11.6 Å². The van der Waals surface area contributed by atoms with Crippen molar-refractivity contribution in [3.05, 3.63) is 82.9 Å². The van der Waals surface area contributed by atoms with E-state index in [1.807, 2.05) is 6.07 Å². The third-order valence-corrected chi connectivity index (χ3v) is 4.49. The van der Waals surface area contributed by atoms with E-state index in [1.165, 1.54) is 18.2 Å². The molecule has 1 atom stereocenters. The van der Waals surface area contributed by atoms with Crippen LogP contribution in [0, 0.1) is 10.1 Å². The van der Waals surface area contributed by atoms with Crippen LogP contribution in [0.25, 0.3) is 0 Å². The van der Waals surface area contributed by atoms with Crippen molar-refractivity contribution < 1.29 is 13.3 Å². The zero-order chi connectivity index (χ0) is 16.2. The average molecular weight is 318 g/mol. The van der Waals surface area contributed by atoms with E-state index in [1.54, 1.807) is 24.3 Å². The largest absolute Gasteiger partial charge is 0.269 e. The molecular formula is C15H14N2O4S. The molecule has 0 fully saturated rings. The Morgan fingerprint density at radius 2 is 1.68 bits per heavy atom. The van der Waals surface area contributed by atoms with Gasteiger partial charge in [-0.05, 0) is 17.7 Å². The van der Waals surface area contributed by atoms with Gasteiger partial charge in [0, 0.05) is 12.1 Å². The SMILES string of the molecule is C=CC(NS(=O)(=O)c1ccc([N+](=O)[O-])cc1)c1ccccc1. The number of nitrogens with zero attached hydrogens (tertiary/aromatic N) is 1. The molecule has 1 N–H and O–H groups in total. The van der Waals surface area contributed by atoms with Gasteiger partial charge in [-0.2, -0.15) is 4.72 Å². The van der Waals surface area contributed by atoms with Crippen molar-refractivity contribution in [2.75, 3.05) is 0 Å². The van der Waals surface area contributed by atoms with Gasteiger partial charge in [-0.1, -0.05) is 36.4 Å². The first kappa shape index (κ1) is 15.9. The minimum Gasteiger partial charge on any atom is -0.258 e. The van der Waals surface area contributed by atoms with E-state index >= 15 is 0 Å². The molecule has 0 aliphatic carbocycles. The maximum atomic E-state index is 12.3. The summed E-state index contributed by atoms with van der Waals surface area (Å²) in [5, 5.41) is 10.6. The van der Waals surface area contributed by atoms with Gasteiger partial charge in [0.05, 0.1) is 15.9 Å². The molecular weight excluding hydrogens is 304 g/mol. The number of hydrogen-bond donors (Lipinski definition) is 1. The molecule has 0 bridgehead atoms. The van der Waals surface area contributed by atoms with E-state index in [-0.39, 0.29) is 10.6 Å². The highest BCUT2D eigenvalue weighted by Gasteiger charge is 2.20. The fourth-order valence-electron chi connectivity index (χ4n) is 1.89. The Hall–Kier alpha value is -2.51. The van der Waals surface area contributed by atoms with Gasteiger partial charge in [0.1, 0.15) is 0 Å². The molecule has 1 unspecified atom stereocenters. The van der Waals surface area contributed by atoms with Crippen molar-refractivity contribution in [3.63, 3.8) is 0 Å². The second-order valence-electron chi connectivity index (χ2n) is 4.50. The molecule has 2 rings (SSSR count). The summed E-state index contributed by atoms with van der Waals surface area (Å²) in [6, 6.07) is 13.1. The molecule has 0 radical (unpaired) electrons. The first-order chi connectivity index (χ1) is 10.4. The molecule has 0 heterocycles. The molecule has 114 valence electrons. The minimum atomic E-state index is -3.81. The lowest BCUT2D eigenvalue weighted by Crippen LogP contribution is -2.27. The number of nitro benzene ring substituents is 1. The van der Waals surface area contributed by atoms with Crippen LogP contribution in [0.3, 0.4) is 0 Å². The second-order valence-corrected chi connectivity index (χ2v) is 6.21. The summed E-state index contributed by atoms with van der Waals surface area (Å²) in [6.07, 6.45) is 1.48. The van der Waals surface area contributed by atoms with Gasteiger partial charge in [0.25, 0.3) is 5.69 Å². The number of sulfonamides is 1. The van der Waals surface area contributed by atoms with Gasteiger partial charge in [0.15, 0.2) is 0 Å². The molecule has 0 spiro atoms. The quantitative estimate of drug-likeness (QED) is 0.504. The topological polar surface area (TPSA) is 89.3 Å². The van der Waals surface area contributed by atoms with Crippen LogP contribution in [0.4, 0.5) is 5.69 Å². The number of hydrogen-bond acceptors (Lipinski definition) is 4. The Labute approximate surface area is 128 Å². The van der Waals surface area contributed by atoms with Crippen LogP contribution in [0.5, 0.6) is 0 Å². The smallest absolute Gasteiger partial charge is 0.258 e. The second kappa shape index (κ2) is 6.50. The van der Waals surface area contributed by atoms with Gasteiger partial charge in [-0.15, -0.1) is 6.58 Å². The highest BCUT2D eigenvalue weighted by molar-refractivity contribution is 7.89. The molecule has 22 heavy (non-hydrogen) atoms. The van der Waals surface area contributed by atoms with Gasteiger partial charge in [-0.25, -0.2) is 8.42 Å².